The summed E-state index contributed by atoms with van der Waals surface area (Å²) >= 11 is 0. The van der Waals surface area contributed by atoms with E-state index in [1.807, 2.05) is 25.1 Å². The van der Waals surface area contributed by atoms with E-state index in [4.69, 9.17) is 11.0 Å². The Hall–Kier alpha value is -1.33. The lowest BCUT2D eigenvalue weighted by atomic mass is 9.91. The fourth-order valence-electron chi connectivity index (χ4n) is 1.81. The quantitative estimate of drug-likeness (QED) is 0.770. The van der Waals surface area contributed by atoms with Crippen molar-refractivity contribution < 1.29 is 0 Å². The lowest BCUT2D eigenvalue weighted by Crippen LogP contribution is -2.21. The van der Waals surface area contributed by atoms with Crippen molar-refractivity contribution in [3.05, 3.63) is 35.4 Å². The van der Waals surface area contributed by atoms with Crippen molar-refractivity contribution in [3.63, 3.8) is 0 Å². The minimum Gasteiger partial charge on any atom is -0.323 e. The summed E-state index contributed by atoms with van der Waals surface area (Å²) in [6.07, 6.45) is 1.89. The van der Waals surface area contributed by atoms with Crippen LogP contribution in [0.1, 0.15) is 30.0 Å². The standard InChI is InChI=1S/C12H14N2/c1-9-3-2-4-10(7-9)11(14)12(8-13)5-6-12/h2-4,7,11H,5-6,14H2,1H3. The number of nitrogens with two attached hydrogens (primary N) is 1. The van der Waals surface area contributed by atoms with Gasteiger partial charge in [0.1, 0.15) is 0 Å². The van der Waals surface area contributed by atoms with E-state index in [9.17, 15) is 0 Å². The zero-order chi connectivity index (χ0) is 10.2. The molecule has 1 aliphatic rings. The lowest BCUT2D eigenvalue weighted by molar-refractivity contribution is 0.519. The first kappa shape index (κ1) is 9.23. The highest BCUT2D eigenvalue weighted by molar-refractivity contribution is 5.31. The summed E-state index contributed by atoms with van der Waals surface area (Å²) in [4.78, 5) is 0. The van der Waals surface area contributed by atoms with Crippen LogP contribution in [0.3, 0.4) is 0 Å². The van der Waals surface area contributed by atoms with Crippen molar-refractivity contribution in [3.8, 4) is 6.07 Å². The van der Waals surface area contributed by atoms with Crippen molar-refractivity contribution in [2.24, 2.45) is 11.1 Å². The Morgan fingerprint density at radius 1 is 1.50 bits per heavy atom. The van der Waals surface area contributed by atoms with E-state index in [-0.39, 0.29) is 11.5 Å². The molecule has 1 atom stereocenters. The summed E-state index contributed by atoms with van der Waals surface area (Å²) in [5, 5.41) is 9.03. The maximum absolute atomic E-state index is 9.03. The zero-order valence-corrected chi connectivity index (χ0v) is 8.33. The molecule has 0 amide bonds. The molecule has 0 aromatic heterocycles. The third kappa shape index (κ3) is 1.40. The maximum Gasteiger partial charge on any atom is 0.0767 e. The third-order valence-corrected chi connectivity index (χ3v) is 3.01. The molecule has 1 aromatic carbocycles. The molecule has 0 bridgehead atoms. The molecule has 1 aliphatic carbocycles. The fourth-order valence-corrected chi connectivity index (χ4v) is 1.81. The zero-order valence-electron chi connectivity index (χ0n) is 8.33. The van der Waals surface area contributed by atoms with Crippen LogP contribution in [-0.4, -0.2) is 0 Å². The average molecular weight is 186 g/mol. The number of nitrogens with zero attached hydrogens (tertiary/aromatic N) is 1. The highest BCUT2D eigenvalue weighted by atomic mass is 14.7. The van der Waals surface area contributed by atoms with Crippen LogP contribution >= 0.6 is 0 Å². The molecule has 14 heavy (non-hydrogen) atoms. The molecular formula is C12H14N2. The second-order valence-electron chi connectivity index (χ2n) is 4.16. The first-order valence-electron chi connectivity index (χ1n) is 4.91. The Labute approximate surface area is 84.3 Å². The number of benzene rings is 1. The normalized spacial score (nSPS) is 19.8. The van der Waals surface area contributed by atoms with Gasteiger partial charge in [0.15, 0.2) is 0 Å². The number of nitriles is 1. The summed E-state index contributed by atoms with van der Waals surface area (Å²) in [7, 11) is 0. The molecule has 0 radical (unpaired) electrons. The highest BCUT2D eigenvalue weighted by Crippen LogP contribution is 2.53. The van der Waals surface area contributed by atoms with Crippen LogP contribution in [0.15, 0.2) is 24.3 Å². The van der Waals surface area contributed by atoms with Gasteiger partial charge in [0, 0.05) is 6.04 Å². The van der Waals surface area contributed by atoms with Crippen molar-refractivity contribution in [1.82, 2.24) is 0 Å². The molecule has 1 aromatic rings. The van der Waals surface area contributed by atoms with Gasteiger partial charge in [-0.15, -0.1) is 0 Å². The Kier molecular flexibility index (Phi) is 2.05. The Bertz CT molecular complexity index is 386. The third-order valence-electron chi connectivity index (χ3n) is 3.01. The molecule has 1 saturated carbocycles. The molecular weight excluding hydrogens is 172 g/mol. The SMILES string of the molecule is Cc1cccc(C(N)C2(C#N)CC2)c1. The maximum atomic E-state index is 9.03. The smallest absolute Gasteiger partial charge is 0.0767 e. The van der Waals surface area contributed by atoms with Crippen LogP contribution in [0.2, 0.25) is 0 Å². The van der Waals surface area contributed by atoms with Crippen LogP contribution in [0, 0.1) is 23.7 Å². The largest absolute Gasteiger partial charge is 0.323 e. The van der Waals surface area contributed by atoms with Gasteiger partial charge in [-0.25, -0.2) is 0 Å². The van der Waals surface area contributed by atoms with Gasteiger partial charge in [-0.3, -0.25) is 0 Å². The number of rotatable bonds is 2. The second kappa shape index (κ2) is 3.11. The van der Waals surface area contributed by atoms with Crippen molar-refractivity contribution in [2.45, 2.75) is 25.8 Å². The second-order valence-corrected chi connectivity index (χ2v) is 4.16. The molecule has 72 valence electrons. The van der Waals surface area contributed by atoms with Gasteiger partial charge in [0.25, 0.3) is 0 Å². The average Bonchev–Trinajstić information content (AvgIpc) is 2.97. The summed E-state index contributed by atoms with van der Waals surface area (Å²) < 4.78 is 0. The predicted octanol–water partition coefficient (Wildman–Crippen LogP) is 2.30. The van der Waals surface area contributed by atoms with Gasteiger partial charge in [0.05, 0.1) is 11.5 Å². The van der Waals surface area contributed by atoms with E-state index in [0.717, 1.165) is 18.4 Å². The van der Waals surface area contributed by atoms with Gasteiger partial charge in [-0.05, 0) is 25.3 Å². The lowest BCUT2D eigenvalue weighted by Gasteiger charge is -2.16. The summed E-state index contributed by atoms with van der Waals surface area (Å²) in [6, 6.07) is 10.3. The van der Waals surface area contributed by atoms with Crippen LogP contribution in [-0.2, 0) is 0 Å². The van der Waals surface area contributed by atoms with Gasteiger partial charge >= 0.3 is 0 Å². The van der Waals surface area contributed by atoms with Crippen molar-refractivity contribution >= 4 is 0 Å². The van der Waals surface area contributed by atoms with E-state index in [0.29, 0.717) is 0 Å². The van der Waals surface area contributed by atoms with E-state index in [1.54, 1.807) is 0 Å². The van der Waals surface area contributed by atoms with Crippen LogP contribution in [0.4, 0.5) is 0 Å². The molecule has 0 heterocycles. The molecule has 2 heteroatoms. The molecule has 2 N–H and O–H groups in total. The molecule has 1 fully saturated rings. The van der Waals surface area contributed by atoms with E-state index < -0.39 is 0 Å². The Morgan fingerprint density at radius 2 is 2.21 bits per heavy atom. The minimum atomic E-state index is -0.270. The van der Waals surface area contributed by atoms with Gasteiger partial charge in [-0.1, -0.05) is 29.8 Å². The highest BCUT2D eigenvalue weighted by Gasteiger charge is 2.49. The van der Waals surface area contributed by atoms with Gasteiger partial charge < -0.3 is 5.73 Å². The van der Waals surface area contributed by atoms with Crippen LogP contribution in [0.25, 0.3) is 0 Å². The van der Waals surface area contributed by atoms with E-state index >= 15 is 0 Å². The number of hydrogen-bond acceptors (Lipinski definition) is 2. The number of aryl methyl sites for hydroxylation is 1. The van der Waals surface area contributed by atoms with Crippen LogP contribution < -0.4 is 5.73 Å². The summed E-state index contributed by atoms with van der Waals surface area (Å²) in [5.74, 6) is 0. The first-order chi connectivity index (χ1) is 6.68. The monoisotopic (exact) mass is 186 g/mol. The van der Waals surface area contributed by atoms with Gasteiger partial charge in [0.2, 0.25) is 0 Å². The van der Waals surface area contributed by atoms with Crippen molar-refractivity contribution in [1.29, 1.82) is 5.26 Å². The summed E-state index contributed by atoms with van der Waals surface area (Å²) in [6.45, 7) is 2.04. The van der Waals surface area contributed by atoms with Crippen molar-refractivity contribution in [2.75, 3.05) is 0 Å². The van der Waals surface area contributed by atoms with Crippen LogP contribution in [0.5, 0.6) is 0 Å². The molecule has 1 unspecified atom stereocenters. The first-order valence-corrected chi connectivity index (χ1v) is 4.91. The van der Waals surface area contributed by atoms with E-state index in [2.05, 4.69) is 12.1 Å². The molecule has 2 rings (SSSR count). The van der Waals surface area contributed by atoms with Gasteiger partial charge in [-0.2, -0.15) is 5.26 Å². The minimum absolute atomic E-state index is 0.118. The Morgan fingerprint density at radius 3 is 2.71 bits per heavy atom. The van der Waals surface area contributed by atoms with E-state index in [1.165, 1.54) is 5.56 Å². The Balaban J connectivity index is 2.28. The molecule has 0 aliphatic heterocycles. The molecule has 0 saturated heterocycles. The summed E-state index contributed by atoms with van der Waals surface area (Å²) in [5.41, 5.74) is 8.11. The topological polar surface area (TPSA) is 49.8 Å². The fraction of sp³-hybridized carbons (Fsp3) is 0.417. The number of hydrogen-bond donors (Lipinski definition) is 1. The molecule has 0 spiro atoms. The molecule has 2 nitrogen and oxygen atoms in total. The predicted molar refractivity (Wildman–Crippen MR) is 55.4 cm³/mol.